The van der Waals surface area contributed by atoms with Crippen molar-refractivity contribution in [1.82, 2.24) is 10.4 Å². The fourth-order valence-corrected chi connectivity index (χ4v) is 5.96. The van der Waals surface area contributed by atoms with E-state index in [1.54, 1.807) is 11.9 Å². The summed E-state index contributed by atoms with van der Waals surface area (Å²) in [6.07, 6.45) is 9.54. The largest absolute Gasteiger partial charge is 0.426 e. The van der Waals surface area contributed by atoms with Gasteiger partial charge in [-0.05, 0) is 45.1 Å². The summed E-state index contributed by atoms with van der Waals surface area (Å²) in [6, 6.07) is 0. The number of Topliss-reactive ketones (excluding diaryl/α,β-unsaturated/α-hetero) is 1. The van der Waals surface area contributed by atoms with Crippen LogP contribution in [0.1, 0.15) is 59.3 Å². The second kappa shape index (κ2) is 6.18. The Morgan fingerprint density at radius 2 is 1.97 bits per heavy atom. The predicted molar refractivity (Wildman–Crippen MR) is 105 cm³/mol. The fourth-order valence-electron chi connectivity index (χ4n) is 5.96. The van der Waals surface area contributed by atoms with Gasteiger partial charge in [0.15, 0.2) is 5.78 Å². The molecule has 5 rings (SSSR count). The summed E-state index contributed by atoms with van der Waals surface area (Å²) in [6.45, 7) is 5.05. The first-order valence-electron chi connectivity index (χ1n) is 10.5. The molecular weight excluding hydrogens is 368 g/mol. The third-order valence-electron chi connectivity index (χ3n) is 7.19. The van der Waals surface area contributed by atoms with E-state index in [0.717, 1.165) is 61.1 Å². The number of fused-ring (bicyclic) bond motifs is 5. The maximum Gasteiger partial charge on any atom is 0.308 e. The summed E-state index contributed by atoms with van der Waals surface area (Å²) < 4.78 is 5.60. The molecule has 4 aliphatic carbocycles. The second-order valence-corrected chi connectivity index (χ2v) is 8.97. The number of nitrogens with one attached hydrogen (secondary N) is 1. The molecule has 1 amide bonds. The molecule has 3 atom stereocenters. The van der Waals surface area contributed by atoms with Crippen LogP contribution in [0.2, 0.25) is 0 Å². The van der Waals surface area contributed by atoms with E-state index in [0.29, 0.717) is 11.3 Å². The average molecular weight is 394 g/mol. The highest BCUT2D eigenvalue weighted by Gasteiger charge is 2.53. The monoisotopic (exact) mass is 394 g/mol. The van der Waals surface area contributed by atoms with Crippen LogP contribution in [-0.2, 0) is 19.1 Å². The van der Waals surface area contributed by atoms with Crippen LogP contribution in [0.15, 0.2) is 46.0 Å². The molecule has 6 heteroatoms. The zero-order valence-corrected chi connectivity index (χ0v) is 17.1. The number of rotatable bonds is 1. The highest BCUT2D eigenvalue weighted by molar-refractivity contribution is 6.07. The van der Waals surface area contributed by atoms with Gasteiger partial charge in [-0.25, -0.2) is 5.01 Å². The molecular formula is C23H26N2O4. The highest BCUT2D eigenvalue weighted by Crippen LogP contribution is 2.56. The minimum Gasteiger partial charge on any atom is -0.426 e. The molecule has 1 fully saturated rings. The van der Waals surface area contributed by atoms with Crippen molar-refractivity contribution in [1.29, 1.82) is 0 Å². The SMILES string of the molecule is CC(=O)OC1=CC2=C(NN(C(C)=O)C3=C2C(=O)C2CCCC32)C2(C)CCCC=C12. The van der Waals surface area contributed by atoms with E-state index in [1.807, 2.05) is 6.08 Å². The molecule has 0 aromatic carbocycles. The number of allylic oxidation sites excluding steroid dienone is 7. The third-order valence-corrected chi connectivity index (χ3v) is 7.19. The quantitative estimate of drug-likeness (QED) is 0.690. The molecule has 1 saturated carbocycles. The first-order valence-corrected chi connectivity index (χ1v) is 10.5. The Labute approximate surface area is 170 Å². The summed E-state index contributed by atoms with van der Waals surface area (Å²) in [7, 11) is 0. The van der Waals surface area contributed by atoms with Crippen molar-refractivity contribution in [2.24, 2.45) is 17.3 Å². The van der Waals surface area contributed by atoms with E-state index in [-0.39, 0.29) is 29.5 Å². The minimum atomic E-state index is -0.433. The molecule has 0 spiro atoms. The molecule has 3 unspecified atom stereocenters. The molecule has 152 valence electrons. The standard InChI is InChI=1S/C23H26N2O4/c1-12(26)25-20-14-7-6-8-15(14)21(28)19(20)16-11-18(29-13(2)27)17-9-4-5-10-23(17,3)22(16)24-25/h9,11,14-15,24H,4-8,10H2,1-3H3. The van der Waals surface area contributed by atoms with Gasteiger partial charge in [0.2, 0.25) is 5.91 Å². The number of nitrogens with zero attached hydrogens (tertiary/aromatic N) is 1. The van der Waals surface area contributed by atoms with Crippen molar-refractivity contribution < 1.29 is 19.1 Å². The zero-order chi connectivity index (χ0) is 20.5. The van der Waals surface area contributed by atoms with Crippen molar-refractivity contribution in [3.63, 3.8) is 0 Å². The highest BCUT2D eigenvalue weighted by atomic mass is 16.5. The van der Waals surface area contributed by atoms with Crippen LogP contribution in [0.3, 0.4) is 0 Å². The van der Waals surface area contributed by atoms with Crippen molar-refractivity contribution in [3.8, 4) is 0 Å². The van der Waals surface area contributed by atoms with Gasteiger partial charge in [-0.2, -0.15) is 0 Å². The lowest BCUT2D eigenvalue weighted by atomic mass is 9.66. The van der Waals surface area contributed by atoms with Gasteiger partial charge in [0.05, 0.1) is 11.4 Å². The molecule has 0 radical (unpaired) electrons. The molecule has 0 bridgehead atoms. The van der Waals surface area contributed by atoms with Crippen LogP contribution in [0.4, 0.5) is 0 Å². The van der Waals surface area contributed by atoms with E-state index in [4.69, 9.17) is 4.74 Å². The van der Waals surface area contributed by atoms with Crippen molar-refractivity contribution >= 4 is 17.7 Å². The van der Waals surface area contributed by atoms with Gasteiger partial charge in [-0.3, -0.25) is 19.8 Å². The predicted octanol–water partition coefficient (Wildman–Crippen LogP) is 3.44. The maximum absolute atomic E-state index is 13.4. The van der Waals surface area contributed by atoms with E-state index in [9.17, 15) is 14.4 Å². The van der Waals surface area contributed by atoms with E-state index in [2.05, 4.69) is 18.4 Å². The second-order valence-electron chi connectivity index (χ2n) is 8.97. The summed E-state index contributed by atoms with van der Waals surface area (Å²) in [5.41, 5.74) is 7.07. The zero-order valence-electron chi connectivity index (χ0n) is 17.1. The Hall–Kier alpha value is -2.63. The van der Waals surface area contributed by atoms with E-state index >= 15 is 0 Å². The van der Waals surface area contributed by atoms with E-state index in [1.165, 1.54) is 6.92 Å². The normalized spacial score (nSPS) is 32.7. The number of carbonyl (C=O) groups excluding carboxylic acids is 3. The van der Waals surface area contributed by atoms with Gasteiger partial charge in [-0.1, -0.05) is 12.5 Å². The molecule has 1 N–H and O–H groups in total. The average Bonchev–Trinajstić information content (AvgIpc) is 3.24. The number of ketones is 1. The number of carbonyl (C=O) groups is 3. The molecule has 0 aromatic rings. The third kappa shape index (κ3) is 2.44. The first-order chi connectivity index (χ1) is 13.8. The van der Waals surface area contributed by atoms with Gasteiger partial charge in [-0.15, -0.1) is 0 Å². The van der Waals surface area contributed by atoms with Gasteiger partial charge in [0.1, 0.15) is 5.76 Å². The Morgan fingerprint density at radius 3 is 2.69 bits per heavy atom. The number of hydrogen-bond donors (Lipinski definition) is 1. The molecule has 5 aliphatic rings. The Kier molecular flexibility index (Phi) is 3.92. The van der Waals surface area contributed by atoms with Gasteiger partial charge < -0.3 is 4.74 Å². The Morgan fingerprint density at radius 1 is 1.21 bits per heavy atom. The van der Waals surface area contributed by atoms with Crippen LogP contribution in [-0.4, -0.2) is 22.7 Å². The number of hydrazine groups is 1. The lowest BCUT2D eigenvalue weighted by Crippen LogP contribution is -2.50. The van der Waals surface area contributed by atoms with Crippen LogP contribution in [0.5, 0.6) is 0 Å². The maximum atomic E-state index is 13.4. The van der Waals surface area contributed by atoms with Crippen molar-refractivity contribution in [2.75, 3.05) is 0 Å². The summed E-state index contributed by atoms with van der Waals surface area (Å²) >= 11 is 0. The number of hydrogen-bond acceptors (Lipinski definition) is 5. The minimum absolute atomic E-state index is 0.0443. The number of amides is 1. The van der Waals surface area contributed by atoms with Crippen molar-refractivity contribution in [2.45, 2.75) is 59.3 Å². The molecule has 6 nitrogen and oxygen atoms in total. The van der Waals surface area contributed by atoms with Gasteiger partial charge >= 0.3 is 5.97 Å². The lowest BCUT2D eigenvalue weighted by Gasteiger charge is -2.46. The van der Waals surface area contributed by atoms with Gasteiger partial charge in [0.25, 0.3) is 0 Å². The van der Waals surface area contributed by atoms with Crippen LogP contribution >= 0.6 is 0 Å². The molecule has 0 saturated heterocycles. The lowest BCUT2D eigenvalue weighted by molar-refractivity contribution is -0.136. The number of ether oxygens (including phenoxy) is 1. The Balaban J connectivity index is 1.75. The fraction of sp³-hybridized carbons (Fsp3) is 0.522. The first kappa shape index (κ1) is 18.4. The van der Waals surface area contributed by atoms with Crippen LogP contribution in [0, 0.1) is 17.3 Å². The summed E-state index contributed by atoms with van der Waals surface area (Å²) in [4.78, 5) is 37.8. The molecule has 0 aromatic heterocycles. The van der Waals surface area contributed by atoms with Crippen LogP contribution < -0.4 is 5.43 Å². The number of esters is 1. The van der Waals surface area contributed by atoms with Crippen LogP contribution in [0.25, 0.3) is 0 Å². The summed E-state index contributed by atoms with van der Waals surface area (Å²) in [5, 5.41) is 1.62. The molecule has 1 aliphatic heterocycles. The van der Waals surface area contributed by atoms with Gasteiger partial charge in [0, 0.05) is 47.8 Å². The topological polar surface area (TPSA) is 75.7 Å². The van der Waals surface area contributed by atoms with E-state index < -0.39 is 5.41 Å². The molecule has 29 heavy (non-hydrogen) atoms. The van der Waals surface area contributed by atoms with Crippen molar-refractivity contribution in [3.05, 3.63) is 46.0 Å². The molecule has 1 heterocycles. The summed E-state index contributed by atoms with van der Waals surface area (Å²) in [5.74, 6) is 0.235. The Bertz CT molecular complexity index is 983. The smallest absolute Gasteiger partial charge is 0.308 e.